The van der Waals surface area contributed by atoms with Crippen LogP contribution in [0.2, 0.25) is 0 Å². The van der Waals surface area contributed by atoms with E-state index >= 15 is 0 Å². The number of halogens is 3. The number of rotatable bonds is 1. The quantitative estimate of drug-likeness (QED) is 0.698. The number of likely N-dealkylation sites (tertiary alicyclic amines) is 1. The van der Waals surface area contributed by atoms with E-state index in [0.29, 0.717) is 6.04 Å². The summed E-state index contributed by atoms with van der Waals surface area (Å²) in [7, 11) is 17.0. The van der Waals surface area contributed by atoms with Crippen LogP contribution in [0.5, 0.6) is 0 Å². The van der Waals surface area contributed by atoms with E-state index in [-0.39, 0.29) is 0 Å². The van der Waals surface area contributed by atoms with Crippen molar-refractivity contribution in [3.8, 4) is 0 Å². The van der Waals surface area contributed by atoms with Gasteiger partial charge in [0.2, 0.25) is 0 Å². The predicted molar refractivity (Wildman–Crippen MR) is 66.4 cm³/mol. The van der Waals surface area contributed by atoms with Crippen molar-refractivity contribution in [2.24, 2.45) is 0 Å². The normalized spacial score (nSPS) is 21.2. The Morgan fingerprint density at radius 3 is 2.56 bits per heavy atom. The van der Waals surface area contributed by atoms with Crippen LogP contribution in [0.25, 0.3) is 0 Å². The molecule has 1 unspecified atom stereocenters. The van der Waals surface area contributed by atoms with Gasteiger partial charge in [0.05, 0.1) is 0 Å². The Hall–Kier alpha value is 0.603. The molecule has 1 saturated heterocycles. The van der Waals surface area contributed by atoms with Crippen LogP contribution in [-0.2, 0) is 13.0 Å². The Balaban J connectivity index is 0.000000280. The second kappa shape index (κ2) is 7.84. The number of aromatic nitrogens is 1. The standard InChI is InChI=1S/C10H14N2.3ClH.Ru/c1-12-7-3-5-10(12)9-4-2-6-11-8-9;;;;/h2,4,6,8,10H,3,5,7H2,1H3;3*1H;/q;;;;+3/p-3. The van der Waals surface area contributed by atoms with Crippen LogP contribution in [0.1, 0.15) is 24.4 Å². The van der Waals surface area contributed by atoms with Gasteiger partial charge in [0.1, 0.15) is 0 Å². The molecule has 0 radical (unpaired) electrons. The summed E-state index contributed by atoms with van der Waals surface area (Å²) in [6, 6.07) is 4.79. The Labute approximate surface area is 114 Å². The van der Waals surface area contributed by atoms with E-state index in [1.54, 1.807) is 0 Å². The van der Waals surface area contributed by atoms with Gasteiger partial charge in [-0.25, -0.2) is 0 Å². The molecule has 0 bridgehead atoms. The molecule has 0 spiro atoms. The molecule has 2 rings (SSSR count). The van der Waals surface area contributed by atoms with E-state index in [1.165, 1.54) is 24.9 Å². The van der Waals surface area contributed by atoms with Crippen molar-refractivity contribution in [3.63, 3.8) is 0 Å². The van der Waals surface area contributed by atoms with Gasteiger partial charge >= 0.3 is 42.1 Å². The van der Waals surface area contributed by atoms with E-state index in [4.69, 9.17) is 29.1 Å². The minimum atomic E-state index is -1.75. The molecular weight excluding hydrogens is 356 g/mol. The Kier molecular flexibility index (Phi) is 7.18. The van der Waals surface area contributed by atoms with E-state index in [2.05, 4.69) is 23.0 Å². The zero-order chi connectivity index (χ0) is 12.0. The summed E-state index contributed by atoms with van der Waals surface area (Å²) in [5, 5.41) is 0. The fourth-order valence-corrected chi connectivity index (χ4v) is 1.90. The maximum absolute atomic E-state index is 4.95. The average molecular weight is 370 g/mol. The van der Waals surface area contributed by atoms with Crippen LogP contribution in [0.4, 0.5) is 0 Å². The molecule has 2 heterocycles. The molecule has 1 atom stereocenters. The van der Waals surface area contributed by atoms with E-state index in [1.807, 2.05) is 18.5 Å². The fourth-order valence-electron chi connectivity index (χ4n) is 1.90. The van der Waals surface area contributed by atoms with Gasteiger partial charge in [-0.3, -0.25) is 9.88 Å². The topological polar surface area (TPSA) is 16.1 Å². The predicted octanol–water partition coefficient (Wildman–Crippen LogP) is 3.91. The molecule has 0 saturated carbocycles. The first-order chi connectivity index (χ1) is 7.61. The molecule has 1 aliphatic heterocycles. The van der Waals surface area contributed by atoms with Crippen molar-refractivity contribution < 1.29 is 13.0 Å². The Morgan fingerprint density at radius 1 is 1.44 bits per heavy atom. The van der Waals surface area contributed by atoms with E-state index in [9.17, 15) is 0 Å². The number of pyridine rings is 1. The molecule has 0 aliphatic carbocycles. The van der Waals surface area contributed by atoms with Crippen molar-refractivity contribution in [2.45, 2.75) is 18.9 Å². The average Bonchev–Trinajstić information content (AvgIpc) is 2.65. The molecule has 0 N–H and O–H groups in total. The SMILES string of the molecule is CN1CCCC1c1cccnc1.[Cl][Ru]([Cl])[Cl]. The van der Waals surface area contributed by atoms with Crippen molar-refractivity contribution in [3.05, 3.63) is 30.1 Å². The fraction of sp³-hybridized carbons (Fsp3) is 0.500. The monoisotopic (exact) mass is 369 g/mol. The summed E-state index contributed by atoms with van der Waals surface area (Å²) < 4.78 is 0. The second-order valence-electron chi connectivity index (χ2n) is 3.58. The Bertz CT molecular complexity index is 295. The van der Waals surface area contributed by atoms with Crippen molar-refractivity contribution in [1.82, 2.24) is 9.88 Å². The third kappa shape index (κ3) is 5.29. The zero-order valence-electron chi connectivity index (χ0n) is 8.89. The zero-order valence-corrected chi connectivity index (χ0v) is 12.9. The van der Waals surface area contributed by atoms with Gasteiger partial charge in [0.25, 0.3) is 0 Å². The molecule has 93 valence electrons. The van der Waals surface area contributed by atoms with Gasteiger partial charge < -0.3 is 0 Å². The molecule has 16 heavy (non-hydrogen) atoms. The van der Waals surface area contributed by atoms with E-state index in [0.717, 1.165) is 0 Å². The van der Waals surface area contributed by atoms with Crippen molar-refractivity contribution in [1.29, 1.82) is 0 Å². The van der Waals surface area contributed by atoms with Crippen LogP contribution in [0, 0.1) is 0 Å². The number of hydrogen-bond donors (Lipinski definition) is 0. The van der Waals surface area contributed by atoms with Crippen LogP contribution in [0.3, 0.4) is 0 Å². The third-order valence-electron chi connectivity index (χ3n) is 2.59. The molecular formula is C10H14Cl3N2Ru. The van der Waals surface area contributed by atoms with Gasteiger partial charge in [-0.15, -0.1) is 0 Å². The molecule has 1 aromatic rings. The van der Waals surface area contributed by atoms with Crippen LogP contribution >= 0.6 is 29.1 Å². The third-order valence-corrected chi connectivity index (χ3v) is 2.59. The van der Waals surface area contributed by atoms with Crippen molar-refractivity contribution in [2.75, 3.05) is 13.6 Å². The van der Waals surface area contributed by atoms with Gasteiger partial charge in [-0.2, -0.15) is 0 Å². The molecule has 1 aliphatic rings. The summed E-state index contributed by atoms with van der Waals surface area (Å²) in [6.07, 6.45) is 6.41. The first kappa shape index (κ1) is 14.7. The van der Waals surface area contributed by atoms with Gasteiger partial charge in [-0.1, -0.05) is 6.07 Å². The van der Waals surface area contributed by atoms with Gasteiger partial charge in [0.15, 0.2) is 0 Å². The maximum atomic E-state index is 4.95. The van der Waals surface area contributed by atoms with Gasteiger partial charge in [0, 0.05) is 18.4 Å². The van der Waals surface area contributed by atoms with Crippen LogP contribution < -0.4 is 0 Å². The summed E-state index contributed by atoms with van der Waals surface area (Å²) in [5.74, 6) is 0. The Morgan fingerprint density at radius 2 is 2.12 bits per heavy atom. The molecule has 0 aromatic carbocycles. The molecule has 2 nitrogen and oxygen atoms in total. The van der Waals surface area contributed by atoms with Crippen LogP contribution in [0.15, 0.2) is 24.5 Å². The van der Waals surface area contributed by atoms with Crippen molar-refractivity contribution >= 4 is 29.1 Å². The summed E-state index contributed by atoms with van der Waals surface area (Å²) in [5.41, 5.74) is 1.36. The summed E-state index contributed by atoms with van der Waals surface area (Å²) in [4.78, 5) is 6.54. The number of nitrogens with zero attached hydrogens (tertiary/aromatic N) is 2. The second-order valence-corrected chi connectivity index (χ2v) is 11.5. The molecule has 1 fully saturated rings. The molecule has 6 heteroatoms. The molecule has 1 aromatic heterocycles. The van der Waals surface area contributed by atoms with Crippen LogP contribution in [-0.4, -0.2) is 23.5 Å². The summed E-state index contributed by atoms with van der Waals surface area (Å²) in [6.45, 7) is 1.22. The first-order valence-corrected chi connectivity index (χ1v) is 11.6. The van der Waals surface area contributed by atoms with Gasteiger partial charge in [-0.05, 0) is 38.1 Å². The van der Waals surface area contributed by atoms with E-state index < -0.39 is 13.0 Å². The summed E-state index contributed by atoms with van der Waals surface area (Å²) >= 11 is -1.75. The molecule has 0 amide bonds. The first-order valence-electron chi connectivity index (χ1n) is 4.88. The minimum absolute atomic E-state index is 0.610. The number of hydrogen-bond acceptors (Lipinski definition) is 2.